The van der Waals surface area contributed by atoms with Crippen molar-refractivity contribution in [1.82, 2.24) is 9.78 Å². The number of aryl methyl sites for hydroxylation is 1. The number of halogens is 1. The summed E-state index contributed by atoms with van der Waals surface area (Å²) in [6.45, 7) is 2.68. The van der Waals surface area contributed by atoms with E-state index in [9.17, 15) is 9.18 Å². The van der Waals surface area contributed by atoms with Crippen LogP contribution in [-0.2, 0) is 6.54 Å². The van der Waals surface area contributed by atoms with E-state index in [0.29, 0.717) is 5.56 Å². The van der Waals surface area contributed by atoms with Crippen molar-refractivity contribution in [3.63, 3.8) is 0 Å². The predicted molar refractivity (Wildman–Crippen MR) is 60.3 cm³/mol. The molecule has 0 saturated heterocycles. The maximum Gasteiger partial charge on any atom is 0.338 e. The van der Waals surface area contributed by atoms with Gasteiger partial charge in [0.2, 0.25) is 0 Å². The van der Waals surface area contributed by atoms with Crippen molar-refractivity contribution in [2.24, 2.45) is 0 Å². The van der Waals surface area contributed by atoms with Gasteiger partial charge in [0.15, 0.2) is 0 Å². The van der Waals surface area contributed by atoms with E-state index in [4.69, 9.17) is 5.11 Å². The molecule has 0 saturated carbocycles. The van der Waals surface area contributed by atoms with Crippen LogP contribution in [0.2, 0.25) is 0 Å². The van der Waals surface area contributed by atoms with Gasteiger partial charge in [-0.25, -0.2) is 9.18 Å². The van der Waals surface area contributed by atoms with Gasteiger partial charge in [0.25, 0.3) is 0 Å². The molecule has 4 nitrogen and oxygen atoms in total. The number of carbonyl (C=O) groups is 1. The highest BCUT2D eigenvalue weighted by Gasteiger charge is 2.12. The van der Waals surface area contributed by atoms with Crippen LogP contribution in [-0.4, -0.2) is 20.9 Å². The monoisotopic (exact) mass is 234 g/mol. The van der Waals surface area contributed by atoms with Crippen LogP contribution in [0.15, 0.2) is 30.6 Å². The fourth-order valence-electron chi connectivity index (χ4n) is 1.55. The molecular weight excluding hydrogens is 223 g/mol. The SMILES string of the molecule is CCn1cc(-c2ccc(F)c(C(=O)O)c2)cn1. The molecule has 0 aliphatic carbocycles. The van der Waals surface area contributed by atoms with Crippen molar-refractivity contribution in [3.05, 3.63) is 42.0 Å². The predicted octanol–water partition coefficient (Wildman–Crippen LogP) is 2.41. The molecule has 0 bridgehead atoms. The van der Waals surface area contributed by atoms with Gasteiger partial charge in [-0.3, -0.25) is 4.68 Å². The summed E-state index contributed by atoms with van der Waals surface area (Å²) in [7, 11) is 0. The van der Waals surface area contributed by atoms with E-state index < -0.39 is 11.8 Å². The number of hydrogen-bond acceptors (Lipinski definition) is 2. The first kappa shape index (κ1) is 11.3. The zero-order valence-corrected chi connectivity index (χ0v) is 9.22. The summed E-state index contributed by atoms with van der Waals surface area (Å²) in [5, 5.41) is 12.9. The molecule has 0 radical (unpaired) electrons. The molecule has 1 heterocycles. The second-order valence-corrected chi connectivity index (χ2v) is 3.58. The van der Waals surface area contributed by atoms with E-state index in [-0.39, 0.29) is 5.56 Å². The normalized spacial score (nSPS) is 10.5. The molecular formula is C12H11FN2O2. The minimum absolute atomic E-state index is 0.327. The standard InChI is InChI=1S/C12H11FN2O2/c1-2-15-7-9(6-14-15)8-3-4-11(13)10(5-8)12(16)17/h3-7H,2H2,1H3,(H,16,17). The number of benzene rings is 1. The molecule has 0 aliphatic rings. The molecule has 5 heteroatoms. The smallest absolute Gasteiger partial charge is 0.338 e. The van der Waals surface area contributed by atoms with Gasteiger partial charge in [0, 0.05) is 18.3 Å². The molecule has 88 valence electrons. The van der Waals surface area contributed by atoms with Gasteiger partial charge < -0.3 is 5.11 Å². The Labute approximate surface area is 97.3 Å². The van der Waals surface area contributed by atoms with Crippen LogP contribution < -0.4 is 0 Å². The Kier molecular flexibility index (Phi) is 2.91. The molecule has 0 amide bonds. The summed E-state index contributed by atoms with van der Waals surface area (Å²) in [6.07, 6.45) is 3.42. The zero-order chi connectivity index (χ0) is 12.4. The maximum atomic E-state index is 13.2. The van der Waals surface area contributed by atoms with Crippen molar-refractivity contribution < 1.29 is 14.3 Å². The Morgan fingerprint density at radius 3 is 2.82 bits per heavy atom. The number of aromatic nitrogens is 2. The molecule has 17 heavy (non-hydrogen) atoms. The fraction of sp³-hybridized carbons (Fsp3) is 0.167. The van der Waals surface area contributed by atoms with Crippen LogP contribution >= 0.6 is 0 Å². The van der Waals surface area contributed by atoms with Gasteiger partial charge in [0.1, 0.15) is 5.82 Å². The average molecular weight is 234 g/mol. The third-order valence-electron chi connectivity index (χ3n) is 2.49. The quantitative estimate of drug-likeness (QED) is 0.887. The number of nitrogens with zero attached hydrogens (tertiary/aromatic N) is 2. The van der Waals surface area contributed by atoms with E-state index in [0.717, 1.165) is 18.2 Å². The van der Waals surface area contributed by atoms with Gasteiger partial charge in [0.05, 0.1) is 11.8 Å². The summed E-state index contributed by atoms with van der Waals surface area (Å²) in [4.78, 5) is 10.8. The van der Waals surface area contributed by atoms with Crippen molar-refractivity contribution in [1.29, 1.82) is 0 Å². The molecule has 0 unspecified atom stereocenters. The molecule has 0 atom stereocenters. The highest BCUT2D eigenvalue weighted by Crippen LogP contribution is 2.21. The average Bonchev–Trinajstić information content (AvgIpc) is 2.78. The molecule has 0 aliphatic heterocycles. The van der Waals surface area contributed by atoms with Crippen molar-refractivity contribution in [3.8, 4) is 11.1 Å². The molecule has 0 spiro atoms. The minimum atomic E-state index is -1.27. The third-order valence-corrected chi connectivity index (χ3v) is 2.49. The summed E-state index contributed by atoms with van der Waals surface area (Å²) in [5.41, 5.74) is 1.09. The second-order valence-electron chi connectivity index (χ2n) is 3.58. The van der Waals surface area contributed by atoms with E-state index >= 15 is 0 Å². The number of carboxylic acids is 1. The molecule has 1 aromatic heterocycles. The summed E-state index contributed by atoms with van der Waals surface area (Å²) in [6, 6.07) is 4.01. The minimum Gasteiger partial charge on any atom is -0.478 e. The number of carboxylic acid groups (broad SMARTS) is 1. The lowest BCUT2D eigenvalue weighted by Crippen LogP contribution is -2.00. The highest BCUT2D eigenvalue weighted by molar-refractivity contribution is 5.89. The lowest BCUT2D eigenvalue weighted by atomic mass is 10.1. The number of aromatic carboxylic acids is 1. The van der Waals surface area contributed by atoms with E-state index in [2.05, 4.69) is 5.10 Å². The van der Waals surface area contributed by atoms with Gasteiger partial charge in [-0.05, 0) is 24.6 Å². The Balaban J connectivity index is 2.46. The fourth-order valence-corrected chi connectivity index (χ4v) is 1.55. The van der Waals surface area contributed by atoms with E-state index in [1.54, 1.807) is 23.1 Å². The number of hydrogen-bond donors (Lipinski definition) is 1. The largest absolute Gasteiger partial charge is 0.478 e. The lowest BCUT2D eigenvalue weighted by Gasteiger charge is -2.01. The summed E-state index contributed by atoms with van der Waals surface area (Å²) >= 11 is 0. The van der Waals surface area contributed by atoms with Crippen LogP contribution in [0.4, 0.5) is 4.39 Å². The molecule has 2 rings (SSSR count). The van der Waals surface area contributed by atoms with E-state index in [1.807, 2.05) is 6.92 Å². The molecule has 1 N–H and O–H groups in total. The van der Waals surface area contributed by atoms with Gasteiger partial charge in [-0.15, -0.1) is 0 Å². The van der Waals surface area contributed by atoms with Crippen LogP contribution in [0.5, 0.6) is 0 Å². The Hall–Kier alpha value is -2.17. The Morgan fingerprint density at radius 1 is 1.47 bits per heavy atom. The van der Waals surface area contributed by atoms with Gasteiger partial charge in [-0.2, -0.15) is 5.10 Å². The van der Waals surface area contributed by atoms with Crippen molar-refractivity contribution in [2.75, 3.05) is 0 Å². The van der Waals surface area contributed by atoms with Crippen LogP contribution in [0.3, 0.4) is 0 Å². The summed E-state index contributed by atoms with van der Waals surface area (Å²) in [5.74, 6) is -2.00. The third kappa shape index (κ3) is 2.18. The topological polar surface area (TPSA) is 55.1 Å². The van der Waals surface area contributed by atoms with Gasteiger partial charge in [-0.1, -0.05) is 6.07 Å². The second kappa shape index (κ2) is 4.37. The lowest BCUT2D eigenvalue weighted by molar-refractivity contribution is 0.0692. The molecule has 0 fully saturated rings. The maximum absolute atomic E-state index is 13.2. The first-order valence-corrected chi connectivity index (χ1v) is 5.17. The first-order chi connectivity index (χ1) is 8.11. The molecule has 2 aromatic rings. The van der Waals surface area contributed by atoms with Crippen molar-refractivity contribution in [2.45, 2.75) is 13.5 Å². The van der Waals surface area contributed by atoms with Crippen LogP contribution in [0.25, 0.3) is 11.1 Å². The summed E-state index contributed by atoms with van der Waals surface area (Å²) < 4.78 is 14.9. The van der Waals surface area contributed by atoms with Gasteiger partial charge >= 0.3 is 5.97 Å². The van der Waals surface area contributed by atoms with Crippen LogP contribution in [0, 0.1) is 5.82 Å². The van der Waals surface area contributed by atoms with Crippen molar-refractivity contribution >= 4 is 5.97 Å². The number of rotatable bonds is 3. The Morgan fingerprint density at radius 2 is 2.24 bits per heavy atom. The Bertz CT molecular complexity index is 563. The van der Waals surface area contributed by atoms with E-state index in [1.165, 1.54) is 6.07 Å². The highest BCUT2D eigenvalue weighted by atomic mass is 19.1. The van der Waals surface area contributed by atoms with Crippen LogP contribution in [0.1, 0.15) is 17.3 Å². The zero-order valence-electron chi connectivity index (χ0n) is 9.22. The first-order valence-electron chi connectivity index (χ1n) is 5.17. The molecule has 1 aromatic carbocycles.